The number of hydrogen-bond acceptors (Lipinski definition) is 7. The summed E-state index contributed by atoms with van der Waals surface area (Å²) in [5.41, 5.74) is 1.42. The van der Waals surface area contributed by atoms with Crippen LogP contribution in [0.3, 0.4) is 0 Å². The molecule has 0 radical (unpaired) electrons. The van der Waals surface area contributed by atoms with E-state index in [1.807, 2.05) is 48.2 Å². The number of nitro groups is 1. The monoisotopic (exact) mass is 358 g/mol. The van der Waals surface area contributed by atoms with Crippen LogP contribution in [0.25, 0.3) is 10.9 Å². The minimum absolute atomic E-state index is 0.0759. The van der Waals surface area contributed by atoms with Gasteiger partial charge in [0, 0.05) is 44.7 Å². The lowest BCUT2D eigenvalue weighted by molar-refractivity contribution is -0.383. The molecule has 0 spiro atoms. The molecule has 8 nitrogen and oxygen atoms in total. The van der Waals surface area contributed by atoms with Gasteiger partial charge in [0.05, 0.1) is 10.4 Å². The van der Waals surface area contributed by atoms with Crippen LogP contribution in [0.1, 0.15) is 0 Å². The van der Waals surface area contributed by atoms with E-state index in [4.69, 9.17) is 0 Å². The van der Waals surface area contributed by atoms with Crippen molar-refractivity contribution in [2.45, 2.75) is 0 Å². The molecule has 0 aliphatic carbocycles. The van der Waals surface area contributed by atoms with E-state index < -0.39 is 0 Å². The Balaban J connectivity index is 2.08. The van der Waals surface area contributed by atoms with E-state index in [-0.39, 0.29) is 10.6 Å². The molecule has 1 aliphatic heterocycles. The van der Waals surface area contributed by atoms with Crippen LogP contribution in [-0.4, -0.2) is 80.1 Å². The Labute approximate surface area is 153 Å². The fourth-order valence-electron chi connectivity index (χ4n) is 3.18. The van der Waals surface area contributed by atoms with Gasteiger partial charge in [-0.3, -0.25) is 10.1 Å². The molecule has 8 heteroatoms. The lowest BCUT2D eigenvalue weighted by Gasteiger charge is -2.33. The molecular formula is C18H26N6O2. The molecule has 1 aliphatic rings. The molecule has 0 unspecified atom stereocenters. The molecule has 0 atom stereocenters. The lowest BCUT2D eigenvalue weighted by atomic mass is 10.1. The summed E-state index contributed by atoms with van der Waals surface area (Å²) in [4.78, 5) is 22.6. The van der Waals surface area contributed by atoms with Crippen molar-refractivity contribution in [2.24, 2.45) is 0 Å². The summed E-state index contributed by atoms with van der Waals surface area (Å²) >= 11 is 0. The van der Waals surface area contributed by atoms with E-state index in [0.29, 0.717) is 18.1 Å². The zero-order chi connectivity index (χ0) is 18.7. The third kappa shape index (κ3) is 3.86. The number of anilines is 2. The van der Waals surface area contributed by atoms with Crippen LogP contribution in [0.15, 0.2) is 24.3 Å². The molecule has 1 fully saturated rings. The second-order valence-corrected chi connectivity index (χ2v) is 6.95. The third-order valence-corrected chi connectivity index (χ3v) is 4.69. The molecule has 2 heterocycles. The van der Waals surface area contributed by atoms with Gasteiger partial charge in [-0.25, -0.2) is 4.98 Å². The van der Waals surface area contributed by atoms with E-state index in [0.717, 1.165) is 43.6 Å². The first kappa shape index (κ1) is 18.3. The van der Waals surface area contributed by atoms with Crippen molar-refractivity contribution >= 4 is 28.1 Å². The Hall–Kier alpha value is -2.45. The average Bonchev–Trinajstić information content (AvgIpc) is 2.61. The Bertz CT molecular complexity index is 787. The van der Waals surface area contributed by atoms with Crippen molar-refractivity contribution in [3.05, 3.63) is 34.4 Å². The van der Waals surface area contributed by atoms with E-state index >= 15 is 0 Å². The molecule has 0 bridgehead atoms. The highest BCUT2D eigenvalue weighted by atomic mass is 16.6. The number of para-hydroxylation sites is 1. The van der Waals surface area contributed by atoms with Gasteiger partial charge in [0.15, 0.2) is 0 Å². The van der Waals surface area contributed by atoms with E-state index in [1.165, 1.54) is 0 Å². The van der Waals surface area contributed by atoms with Gasteiger partial charge < -0.3 is 20.0 Å². The van der Waals surface area contributed by atoms with Crippen LogP contribution in [0.5, 0.6) is 0 Å². The van der Waals surface area contributed by atoms with Gasteiger partial charge in [-0.1, -0.05) is 18.2 Å². The molecule has 1 N–H and O–H groups in total. The topological polar surface area (TPSA) is 77.8 Å². The summed E-state index contributed by atoms with van der Waals surface area (Å²) in [6, 6.07) is 7.61. The second-order valence-electron chi connectivity index (χ2n) is 6.95. The van der Waals surface area contributed by atoms with Crippen molar-refractivity contribution in [3.8, 4) is 0 Å². The number of aromatic nitrogens is 1. The van der Waals surface area contributed by atoms with Crippen molar-refractivity contribution < 1.29 is 4.92 Å². The Morgan fingerprint density at radius 3 is 2.58 bits per heavy atom. The van der Waals surface area contributed by atoms with Gasteiger partial charge in [-0.2, -0.15) is 0 Å². The van der Waals surface area contributed by atoms with Gasteiger partial charge in [-0.05, 0) is 27.2 Å². The molecule has 1 aromatic heterocycles. The number of nitrogens with one attached hydrogen (secondary N) is 1. The molecule has 2 aromatic rings. The van der Waals surface area contributed by atoms with Crippen molar-refractivity contribution in [1.29, 1.82) is 0 Å². The van der Waals surface area contributed by atoms with Crippen LogP contribution in [0, 0.1) is 10.1 Å². The molecule has 0 amide bonds. The molecule has 1 aromatic carbocycles. The average molecular weight is 358 g/mol. The number of nitrogens with zero attached hydrogens (tertiary/aromatic N) is 5. The van der Waals surface area contributed by atoms with E-state index in [2.05, 4.69) is 22.2 Å². The summed E-state index contributed by atoms with van der Waals surface area (Å²) in [5, 5.41) is 16.1. The minimum Gasteiger partial charge on any atom is -0.378 e. The summed E-state index contributed by atoms with van der Waals surface area (Å²) in [5.74, 6) is 0.467. The van der Waals surface area contributed by atoms with E-state index in [1.54, 1.807) is 0 Å². The van der Waals surface area contributed by atoms with Crippen molar-refractivity contribution in [1.82, 2.24) is 14.8 Å². The highest BCUT2D eigenvalue weighted by Gasteiger charge is 2.29. The molecule has 0 saturated carbocycles. The standard InChI is InChI=1S/C18H26N6O2/c1-21(2)9-8-19-16-14-6-4-5-7-15(14)20-18(17(16)24(25)26)23-12-10-22(3)11-13-23/h4-7H,8-13H2,1-3H3,(H,19,20). The van der Waals surface area contributed by atoms with Crippen LogP contribution >= 0.6 is 0 Å². The van der Waals surface area contributed by atoms with Gasteiger partial charge >= 0.3 is 5.69 Å². The number of fused-ring (bicyclic) bond motifs is 1. The lowest BCUT2D eigenvalue weighted by Crippen LogP contribution is -2.45. The maximum Gasteiger partial charge on any atom is 0.335 e. The summed E-state index contributed by atoms with van der Waals surface area (Å²) < 4.78 is 0. The van der Waals surface area contributed by atoms with Crippen LogP contribution in [0.4, 0.5) is 17.2 Å². The van der Waals surface area contributed by atoms with Crippen molar-refractivity contribution in [2.75, 3.05) is 70.6 Å². The summed E-state index contributed by atoms with van der Waals surface area (Å²) in [6.45, 7) is 4.63. The summed E-state index contributed by atoms with van der Waals surface area (Å²) in [7, 11) is 6.03. The Morgan fingerprint density at radius 2 is 1.92 bits per heavy atom. The zero-order valence-electron chi connectivity index (χ0n) is 15.6. The zero-order valence-corrected chi connectivity index (χ0v) is 15.6. The predicted molar refractivity (Wildman–Crippen MR) is 105 cm³/mol. The smallest absolute Gasteiger partial charge is 0.335 e. The normalized spacial score (nSPS) is 15.6. The summed E-state index contributed by atoms with van der Waals surface area (Å²) in [6.07, 6.45) is 0. The highest BCUT2D eigenvalue weighted by Crippen LogP contribution is 2.39. The number of piperazine rings is 1. The Morgan fingerprint density at radius 1 is 1.23 bits per heavy atom. The van der Waals surface area contributed by atoms with Gasteiger partial charge in [0.2, 0.25) is 5.82 Å². The van der Waals surface area contributed by atoms with Crippen LogP contribution in [-0.2, 0) is 0 Å². The largest absolute Gasteiger partial charge is 0.378 e. The van der Waals surface area contributed by atoms with Gasteiger partial charge in [0.25, 0.3) is 0 Å². The first-order valence-electron chi connectivity index (χ1n) is 8.86. The molecule has 140 valence electrons. The minimum atomic E-state index is -0.301. The highest BCUT2D eigenvalue weighted by molar-refractivity contribution is 5.99. The molecule has 3 rings (SSSR count). The molecule has 26 heavy (non-hydrogen) atoms. The van der Waals surface area contributed by atoms with Gasteiger partial charge in [-0.15, -0.1) is 0 Å². The number of pyridine rings is 1. The quantitative estimate of drug-likeness (QED) is 0.624. The number of likely N-dealkylation sites (N-methyl/N-ethyl adjacent to an activating group) is 2. The number of rotatable bonds is 6. The first-order valence-corrected chi connectivity index (χ1v) is 8.86. The molecule has 1 saturated heterocycles. The van der Waals surface area contributed by atoms with Crippen molar-refractivity contribution in [3.63, 3.8) is 0 Å². The maximum atomic E-state index is 12.0. The fourth-order valence-corrected chi connectivity index (χ4v) is 3.18. The second kappa shape index (κ2) is 7.84. The van der Waals surface area contributed by atoms with Crippen LogP contribution < -0.4 is 10.2 Å². The molecular weight excluding hydrogens is 332 g/mol. The first-order chi connectivity index (χ1) is 12.5. The SMILES string of the molecule is CN(C)CCNc1c([N+](=O)[O-])c(N2CCN(C)CC2)nc2ccccc12. The predicted octanol–water partition coefficient (Wildman–Crippen LogP) is 1.87. The van der Waals surface area contributed by atoms with Crippen LogP contribution in [0.2, 0.25) is 0 Å². The fraction of sp³-hybridized carbons (Fsp3) is 0.500. The van der Waals surface area contributed by atoms with Gasteiger partial charge in [0.1, 0.15) is 5.69 Å². The number of hydrogen-bond donors (Lipinski definition) is 1. The third-order valence-electron chi connectivity index (χ3n) is 4.69. The Kier molecular flexibility index (Phi) is 5.53. The number of benzene rings is 1. The maximum absolute atomic E-state index is 12.0. The van der Waals surface area contributed by atoms with E-state index in [9.17, 15) is 10.1 Å².